The molecule has 1 heterocycles. The maximum absolute atomic E-state index is 12.4. The second kappa shape index (κ2) is 9.73. The fourth-order valence-electron chi connectivity index (χ4n) is 2.96. The molecule has 0 aliphatic rings. The van der Waals surface area contributed by atoms with Gasteiger partial charge in [-0.15, -0.1) is 0 Å². The van der Waals surface area contributed by atoms with Gasteiger partial charge in [0.05, 0.1) is 7.11 Å². The molecule has 0 fully saturated rings. The number of anilines is 3. The second-order valence-corrected chi connectivity index (χ2v) is 7.07. The number of aryl methyl sites for hydroxylation is 3. The molecule has 0 saturated heterocycles. The molecule has 3 aromatic rings. The van der Waals surface area contributed by atoms with Crippen molar-refractivity contribution in [2.75, 3.05) is 30.8 Å². The summed E-state index contributed by atoms with van der Waals surface area (Å²) in [5.74, 6) is 1.91. The van der Waals surface area contributed by atoms with Gasteiger partial charge in [-0.25, -0.2) is 4.98 Å². The van der Waals surface area contributed by atoms with Crippen molar-refractivity contribution in [3.05, 3.63) is 70.9 Å². The largest absolute Gasteiger partial charge is 0.497 e. The van der Waals surface area contributed by atoms with Gasteiger partial charge in [0.15, 0.2) is 0 Å². The van der Waals surface area contributed by atoms with E-state index in [0.717, 1.165) is 28.3 Å². The number of carbonyl (C=O) groups excluding carboxylic acids is 1. The molecule has 1 amide bonds. The van der Waals surface area contributed by atoms with E-state index in [2.05, 4.69) is 25.9 Å². The third kappa shape index (κ3) is 5.70. The minimum atomic E-state index is -0.0787. The van der Waals surface area contributed by atoms with Crippen LogP contribution >= 0.6 is 0 Å². The Labute approximate surface area is 176 Å². The van der Waals surface area contributed by atoms with Crippen molar-refractivity contribution in [1.82, 2.24) is 15.3 Å². The second-order valence-electron chi connectivity index (χ2n) is 7.07. The van der Waals surface area contributed by atoms with Crippen molar-refractivity contribution in [3.63, 3.8) is 0 Å². The Hall–Kier alpha value is -3.61. The molecule has 0 spiro atoms. The molecule has 156 valence electrons. The minimum absolute atomic E-state index is 0.0787. The summed E-state index contributed by atoms with van der Waals surface area (Å²) < 4.78 is 5.18. The van der Waals surface area contributed by atoms with Crippen LogP contribution in [0.2, 0.25) is 0 Å². The number of hydrogen-bond donors (Lipinski definition) is 3. The van der Waals surface area contributed by atoms with Crippen LogP contribution in [0.1, 0.15) is 27.2 Å². The van der Waals surface area contributed by atoms with Crippen LogP contribution in [0.4, 0.5) is 17.5 Å². The summed E-state index contributed by atoms with van der Waals surface area (Å²) in [6.07, 6.45) is 0. The zero-order valence-electron chi connectivity index (χ0n) is 17.7. The van der Waals surface area contributed by atoms with Crippen molar-refractivity contribution < 1.29 is 9.53 Å². The normalized spacial score (nSPS) is 10.4. The van der Waals surface area contributed by atoms with E-state index in [-0.39, 0.29) is 5.91 Å². The number of rotatable bonds is 8. The lowest BCUT2D eigenvalue weighted by Gasteiger charge is -2.11. The van der Waals surface area contributed by atoms with Gasteiger partial charge in [0.2, 0.25) is 5.95 Å². The van der Waals surface area contributed by atoms with E-state index < -0.39 is 0 Å². The van der Waals surface area contributed by atoms with Crippen molar-refractivity contribution in [1.29, 1.82) is 0 Å². The molecule has 2 aromatic carbocycles. The lowest BCUT2D eigenvalue weighted by atomic mass is 10.1. The maximum atomic E-state index is 12.4. The number of nitrogens with zero attached hydrogens (tertiary/aromatic N) is 2. The van der Waals surface area contributed by atoms with Gasteiger partial charge in [-0.05, 0) is 56.7 Å². The van der Waals surface area contributed by atoms with Crippen LogP contribution in [-0.4, -0.2) is 36.1 Å². The molecule has 0 aliphatic carbocycles. The Balaban J connectivity index is 1.55. The van der Waals surface area contributed by atoms with Crippen LogP contribution < -0.4 is 20.7 Å². The van der Waals surface area contributed by atoms with Crippen molar-refractivity contribution in [2.24, 2.45) is 0 Å². The zero-order valence-corrected chi connectivity index (χ0v) is 17.7. The molecule has 0 bridgehead atoms. The lowest BCUT2D eigenvalue weighted by Crippen LogP contribution is -2.29. The van der Waals surface area contributed by atoms with Gasteiger partial charge in [0.1, 0.15) is 11.6 Å². The summed E-state index contributed by atoms with van der Waals surface area (Å²) in [7, 11) is 1.64. The smallest absolute Gasteiger partial charge is 0.251 e. The highest BCUT2D eigenvalue weighted by Gasteiger charge is 2.09. The van der Waals surface area contributed by atoms with Crippen LogP contribution in [0.25, 0.3) is 0 Å². The molecule has 0 atom stereocenters. The predicted molar refractivity (Wildman–Crippen MR) is 120 cm³/mol. The number of carbonyl (C=O) groups is 1. The highest BCUT2D eigenvalue weighted by atomic mass is 16.5. The topological polar surface area (TPSA) is 88.2 Å². The van der Waals surface area contributed by atoms with E-state index in [4.69, 9.17) is 4.74 Å². The first kappa shape index (κ1) is 21.1. The fourth-order valence-corrected chi connectivity index (χ4v) is 2.96. The molecule has 0 unspecified atom stereocenters. The minimum Gasteiger partial charge on any atom is -0.497 e. The first-order chi connectivity index (χ1) is 14.4. The van der Waals surface area contributed by atoms with Crippen molar-refractivity contribution in [2.45, 2.75) is 20.8 Å². The number of ether oxygens (including phenoxy) is 1. The Kier molecular flexibility index (Phi) is 6.85. The zero-order chi connectivity index (χ0) is 21.5. The van der Waals surface area contributed by atoms with E-state index in [9.17, 15) is 4.79 Å². The summed E-state index contributed by atoms with van der Waals surface area (Å²) in [4.78, 5) is 21.3. The molecule has 0 aliphatic heterocycles. The average Bonchev–Trinajstić information content (AvgIpc) is 2.73. The Bertz CT molecular complexity index is 1020. The average molecular weight is 406 g/mol. The summed E-state index contributed by atoms with van der Waals surface area (Å²) in [5.41, 5.74) is 4.47. The molecular weight excluding hydrogens is 378 g/mol. The van der Waals surface area contributed by atoms with Gasteiger partial charge >= 0.3 is 0 Å². The van der Waals surface area contributed by atoms with Gasteiger partial charge in [-0.1, -0.05) is 17.7 Å². The SMILES string of the molecule is COc1ccc(Nc2cc(C)nc(NCCNC(=O)c3cc(C)ccc3C)n2)cc1. The van der Waals surface area contributed by atoms with E-state index in [1.54, 1.807) is 7.11 Å². The lowest BCUT2D eigenvalue weighted by molar-refractivity contribution is 0.0954. The number of amides is 1. The molecule has 0 radical (unpaired) electrons. The molecule has 0 saturated carbocycles. The van der Waals surface area contributed by atoms with Crippen LogP contribution in [0, 0.1) is 20.8 Å². The summed E-state index contributed by atoms with van der Waals surface area (Å²) in [6, 6.07) is 15.3. The Morgan fingerprint density at radius 1 is 0.967 bits per heavy atom. The van der Waals surface area contributed by atoms with Crippen molar-refractivity contribution in [3.8, 4) is 5.75 Å². The molecule has 7 nitrogen and oxygen atoms in total. The number of aromatic nitrogens is 2. The van der Waals surface area contributed by atoms with Crippen LogP contribution in [0.15, 0.2) is 48.5 Å². The third-order valence-corrected chi connectivity index (χ3v) is 4.55. The number of methoxy groups -OCH3 is 1. The number of hydrogen-bond acceptors (Lipinski definition) is 6. The van der Waals surface area contributed by atoms with Gasteiger partial charge in [-0.3, -0.25) is 4.79 Å². The van der Waals surface area contributed by atoms with Crippen LogP contribution in [0.5, 0.6) is 5.75 Å². The van der Waals surface area contributed by atoms with Crippen LogP contribution in [0.3, 0.4) is 0 Å². The Morgan fingerprint density at radius 3 is 2.47 bits per heavy atom. The van der Waals surface area contributed by atoms with Gasteiger partial charge in [0.25, 0.3) is 5.91 Å². The molecule has 3 rings (SSSR count). The highest BCUT2D eigenvalue weighted by molar-refractivity contribution is 5.95. The monoisotopic (exact) mass is 405 g/mol. The van der Waals surface area contributed by atoms with Gasteiger partial charge in [-0.2, -0.15) is 4.98 Å². The van der Waals surface area contributed by atoms with Crippen LogP contribution in [-0.2, 0) is 0 Å². The third-order valence-electron chi connectivity index (χ3n) is 4.55. The summed E-state index contributed by atoms with van der Waals surface area (Å²) >= 11 is 0. The highest BCUT2D eigenvalue weighted by Crippen LogP contribution is 2.20. The summed E-state index contributed by atoms with van der Waals surface area (Å²) in [6.45, 7) is 6.80. The maximum Gasteiger partial charge on any atom is 0.251 e. The summed E-state index contributed by atoms with van der Waals surface area (Å²) in [5, 5.41) is 9.36. The number of benzene rings is 2. The van der Waals surface area contributed by atoms with E-state index in [1.165, 1.54) is 0 Å². The Morgan fingerprint density at radius 2 is 1.73 bits per heavy atom. The first-order valence-corrected chi connectivity index (χ1v) is 9.80. The molecule has 30 heavy (non-hydrogen) atoms. The molecule has 1 aromatic heterocycles. The van der Waals surface area contributed by atoms with E-state index in [0.29, 0.717) is 30.4 Å². The quantitative estimate of drug-likeness (QED) is 0.491. The van der Waals surface area contributed by atoms with Crippen molar-refractivity contribution >= 4 is 23.4 Å². The number of nitrogens with one attached hydrogen (secondary N) is 3. The fraction of sp³-hybridized carbons (Fsp3) is 0.261. The van der Waals surface area contributed by atoms with Gasteiger partial charge in [0, 0.05) is 36.1 Å². The molecular formula is C23H27N5O2. The molecule has 3 N–H and O–H groups in total. The van der Waals surface area contributed by atoms with Gasteiger partial charge < -0.3 is 20.7 Å². The standard InChI is InChI=1S/C23H27N5O2/c1-15-5-6-16(2)20(13-15)22(29)24-11-12-25-23-26-17(3)14-21(28-23)27-18-7-9-19(30-4)10-8-18/h5-10,13-14H,11-12H2,1-4H3,(H,24,29)(H2,25,26,27,28). The predicted octanol–water partition coefficient (Wildman–Crippen LogP) is 4.00. The van der Waals surface area contributed by atoms with E-state index in [1.807, 2.05) is 69.3 Å². The van der Waals surface area contributed by atoms with E-state index >= 15 is 0 Å². The molecule has 7 heteroatoms. The first-order valence-electron chi connectivity index (χ1n) is 9.80.